The number of amides is 2. The second kappa shape index (κ2) is 4.91. The van der Waals surface area contributed by atoms with E-state index in [0.717, 1.165) is 32.5 Å². The molecule has 0 aromatic carbocycles. The topological polar surface area (TPSA) is 64.1 Å². The van der Waals surface area contributed by atoms with E-state index in [1.807, 2.05) is 9.80 Å². The molecule has 20 heavy (non-hydrogen) atoms. The highest BCUT2D eigenvalue weighted by Gasteiger charge is 2.52. The van der Waals surface area contributed by atoms with Gasteiger partial charge in [-0.05, 0) is 33.2 Å². The Morgan fingerprint density at radius 3 is 2.55 bits per heavy atom. The van der Waals surface area contributed by atoms with Gasteiger partial charge in [-0.15, -0.1) is 0 Å². The summed E-state index contributed by atoms with van der Waals surface area (Å²) in [4.78, 5) is 30.0. The number of fused-ring (bicyclic) bond motifs is 2. The number of aliphatic carboxylic acids is 1. The van der Waals surface area contributed by atoms with Crippen LogP contribution in [0.25, 0.3) is 0 Å². The lowest BCUT2D eigenvalue weighted by molar-refractivity contribution is -0.142. The number of hydrogen-bond donors (Lipinski definition) is 1. The van der Waals surface area contributed by atoms with Crippen molar-refractivity contribution in [1.29, 1.82) is 0 Å². The number of carbonyl (C=O) groups is 2. The Bertz CT molecular complexity index is 428. The zero-order valence-electron chi connectivity index (χ0n) is 12.2. The average Bonchev–Trinajstić information content (AvgIpc) is 2.98. The van der Waals surface area contributed by atoms with E-state index >= 15 is 0 Å². The molecule has 4 unspecified atom stereocenters. The zero-order valence-corrected chi connectivity index (χ0v) is 12.2. The van der Waals surface area contributed by atoms with E-state index in [-0.39, 0.29) is 24.0 Å². The summed E-state index contributed by atoms with van der Waals surface area (Å²) in [5, 5.41) is 9.26. The van der Waals surface area contributed by atoms with Gasteiger partial charge in [-0.25, -0.2) is 4.79 Å². The Kier molecular flexibility index (Phi) is 3.36. The van der Waals surface area contributed by atoms with Gasteiger partial charge < -0.3 is 19.8 Å². The molecule has 3 aliphatic heterocycles. The zero-order chi connectivity index (χ0) is 14.4. The average molecular weight is 281 g/mol. The number of carboxylic acid groups (broad SMARTS) is 1. The standard InChI is InChI=1S/C14H23N3O3/c1-9-8-16(6-5-15(9)2)14(20)17-10-3-4-12(17)11(7-10)13(18)19/h9-12H,3-8H2,1-2H3,(H,18,19). The molecule has 2 bridgehead atoms. The molecular formula is C14H23N3O3. The third kappa shape index (κ3) is 2.06. The van der Waals surface area contributed by atoms with E-state index in [0.29, 0.717) is 12.5 Å². The van der Waals surface area contributed by atoms with Crippen LogP contribution in [-0.2, 0) is 4.79 Å². The number of carbonyl (C=O) groups excluding carboxylic acids is 1. The molecule has 4 atom stereocenters. The predicted octanol–water partition coefficient (Wildman–Crippen LogP) is 0.680. The minimum Gasteiger partial charge on any atom is -0.481 e. The highest BCUT2D eigenvalue weighted by Crippen LogP contribution is 2.42. The number of urea groups is 1. The van der Waals surface area contributed by atoms with Gasteiger partial charge in [-0.1, -0.05) is 0 Å². The van der Waals surface area contributed by atoms with Gasteiger partial charge in [0.25, 0.3) is 0 Å². The predicted molar refractivity (Wildman–Crippen MR) is 73.5 cm³/mol. The normalized spacial score (nSPS) is 37.5. The summed E-state index contributed by atoms with van der Waals surface area (Å²) in [7, 11) is 2.08. The van der Waals surface area contributed by atoms with E-state index in [9.17, 15) is 14.7 Å². The number of rotatable bonds is 1. The quantitative estimate of drug-likeness (QED) is 0.767. The first-order valence-electron chi connectivity index (χ1n) is 7.49. The smallest absolute Gasteiger partial charge is 0.320 e. The Morgan fingerprint density at radius 1 is 1.20 bits per heavy atom. The fraction of sp³-hybridized carbons (Fsp3) is 0.857. The first-order valence-corrected chi connectivity index (χ1v) is 7.49. The number of carboxylic acids is 1. The third-order valence-corrected chi connectivity index (χ3v) is 5.31. The van der Waals surface area contributed by atoms with Crippen molar-refractivity contribution >= 4 is 12.0 Å². The summed E-state index contributed by atoms with van der Waals surface area (Å²) in [6, 6.07) is 0.480. The summed E-state index contributed by atoms with van der Waals surface area (Å²) in [6.45, 7) is 4.49. The molecule has 3 rings (SSSR count). The molecule has 0 spiro atoms. The summed E-state index contributed by atoms with van der Waals surface area (Å²) >= 11 is 0. The minimum atomic E-state index is -0.748. The van der Waals surface area contributed by atoms with E-state index < -0.39 is 5.97 Å². The summed E-state index contributed by atoms with van der Waals surface area (Å²) in [5.74, 6) is -1.11. The van der Waals surface area contributed by atoms with Gasteiger partial charge in [-0.2, -0.15) is 0 Å². The maximum absolute atomic E-state index is 12.7. The van der Waals surface area contributed by atoms with Gasteiger partial charge in [0.15, 0.2) is 0 Å². The van der Waals surface area contributed by atoms with Crippen molar-refractivity contribution in [3.8, 4) is 0 Å². The van der Waals surface area contributed by atoms with E-state index in [1.54, 1.807) is 0 Å². The van der Waals surface area contributed by atoms with Gasteiger partial charge in [0, 0.05) is 37.8 Å². The fourth-order valence-corrected chi connectivity index (χ4v) is 3.94. The van der Waals surface area contributed by atoms with Crippen LogP contribution in [0.15, 0.2) is 0 Å². The van der Waals surface area contributed by atoms with Crippen LogP contribution >= 0.6 is 0 Å². The molecule has 3 fully saturated rings. The molecule has 0 aromatic rings. The second-order valence-corrected chi connectivity index (χ2v) is 6.44. The molecule has 0 aliphatic carbocycles. The summed E-state index contributed by atoms with van der Waals surface area (Å²) in [6.07, 6.45) is 2.44. The summed E-state index contributed by atoms with van der Waals surface area (Å²) < 4.78 is 0. The Labute approximate surface area is 119 Å². The van der Waals surface area contributed by atoms with Crippen molar-refractivity contribution in [2.45, 2.75) is 44.3 Å². The molecule has 1 N–H and O–H groups in total. The van der Waals surface area contributed by atoms with Gasteiger partial charge in [0.2, 0.25) is 0 Å². The Balaban J connectivity index is 1.71. The highest BCUT2D eigenvalue weighted by molar-refractivity contribution is 5.79. The van der Waals surface area contributed by atoms with Crippen LogP contribution in [0.5, 0.6) is 0 Å². The molecule has 0 saturated carbocycles. The molecule has 6 nitrogen and oxygen atoms in total. The maximum atomic E-state index is 12.7. The molecule has 3 heterocycles. The van der Waals surface area contributed by atoms with Gasteiger partial charge in [-0.3, -0.25) is 4.79 Å². The van der Waals surface area contributed by atoms with E-state index in [2.05, 4.69) is 18.9 Å². The summed E-state index contributed by atoms with van der Waals surface area (Å²) in [5.41, 5.74) is 0. The first-order chi connectivity index (χ1) is 9.49. The first kappa shape index (κ1) is 13.7. The molecule has 3 saturated heterocycles. The molecule has 6 heteroatoms. The van der Waals surface area contributed by atoms with Crippen LogP contribution in [-0.4, -0.2) is 76.6 Å². The molecule has 2 amide bonds. The number of likely N-dealkylation sites (N-methyl/N-ethyl adjacent to an activating group) is 1. The van der Waals surface area contributed by atoms with Crippen LogP contribution in [0.2, 0.25) is 0 Å². The highest BCUT2D eigenvalue weighted by atomic mass is 16.4. The lowest BCUT2D eigenvalue weighted by atomic mass is 9.89. The lowest BCUT2D eigenvalue weighted by Crippen LogP contribution is -2.56. The third-order valence-electron chi connectivity index (χ3n) is 5.31. The lowest BCUT2D eigenvalue weighted by Gasteiger charge is -2.40. The van der Waals surface area contributed by atoms with E-state index in [1.165, 1.54) is 0 Å². The van der Waals surface area contributed by atoms with Gasteiger partial charge in [0.05, 0.1) is 5.92 Å². The van der Waals surface area contributed by atoms with Crippen molar-refractivity contribution in [1.82, 2.24) is 14.7 Å². The van der Waals surface area contributed by atoms with Crippen LogP contribution in [0.1, 0.15) is 26.2 Å². The number of hydrogen-bond acceptors (Lipinski definition) is 3. The second-order valence-electron chi connectivity index (χ2n) is 6.44. The molecule has 0 radical (unpaired) electrons. The number of piperazine rings is 1. The van der Waals surface area contributed by atoms with Gasteiger partial charge in [0.1, 0.15) is 0 Å². The number of nitrogens with zero attached hydrogens (tertiary/aromatic N) is 3. The molecular weight excluding hydrogens is 258 g/mol. The van der Waals surface area contributed by atoms with Crippen LogP contribution < -0.4 is 0 Å². The molecule has 3 aliphatic rings. The van der Waals surface area contributed by atoms with Crippen LogP contribution in [0.4, 0.5) is 4.79 Å². The Hall–Kier alpha value is -1.30. The van der Waals surface area contributed by atoms with Crippen molar-refractivity contribution < 1.29 is 14.7 Å². The molecule has 0 aromatic heterocycles. The van der Waals surface area contributed by atoms with Crippen LogP contribution in [0.3, 0.4) is 0 Å². The maximum Gasteiger partial charge on any atom is 0.320 e. The van der Waals surface area contributed by atoms with Crippen molar-refractivity contribution in [3.05, 3.63) is 0 Å². The van der Waals surface area contributed by atoms with Crippen LogP contribution in [0, 0.1) is 5.92 Å². The van der Waals surface area contributed by atoms with E-state index in [4.69, 9.17) is 0 Å². The van der Waals surface area contributed by atoms with Crippen molar-refractivity contribution in [2.75, 3.05) is 26.7 Å². The molecule has 112 valence electrons. The van der Waals surface area contributed by atoms with Crippen molar-refractivity contribution in [2.24, 2.45) is 5.92 Å². The minimum absolute atomic E-state index is 0.0567. The monoisotopic (exact) mass is 281 g/mol. The fourth-order valence-electron chi connectivity index (χ4n) is 3.94. The Morgan fingerprint density at radius 2 is 1.95 bits per heavy atom. The largest absolute Gasteiger partial charge is 0.481 e. The van der Waals surface area contributed by atoms with Gasteiger partial charge >= 0.3 is 12.0 Å². The van der Waals surface area contributed by atoms with Crippen molar-refractivity contribution in [3.63, 3.8) is 0 Å². The SMILES string of the molecule is CC1CN(C(=O)N2C3CCC2C(C(=O)O)C3)CCN1C.